The number of hydrogen-bond donors (Lipinski definition) is 3. The standard InChI is InChI=1S/C17H27N3O2S.ClH/c1-12(2)15(20-16(21)14-6-4-10-23-14)17(22)19-9-7-13-5-3-8-18-11-13;/h4,6,10,12-13,15,18H,3,5,7-9,11H2,1-2H3,(H,19,22)(H,20,21);1H. The van der Waals surface area contributed by atoms with Crippen LogP contribution in [0.2, 0.25) is 0 Å². The van der Waals surface area contributed by atoms with Gasteiger partial charge in [-0.05, 0) is 55.6 Å². The highest BCUT2D eigenvalue weighted by Gasteiger charge is 2.25. The summed E-state index contributed by atoms with van der Waals surface area (Å²) >= 11 is 1.38. The van der Waals surface area contributed by atoms with E-state index in [4.69, 9.17) is 0 Å². The topological polar surface area (TPSA) is 70.2 Å². The molecule has 3 N–H and O–H groups in total. The first-order chi connectivity index (χ1) is 11.1. The second-order valence-corrected chi connectivity index (χ2v) is 7.41. The number of halogens is 1. The molecule has 1 aromatic heterocycles. The molecular formula is C17H28ClN3O2S. The molecule has 0 spiro atoms. The van der Waals surface area contributed by atoms with Gasteiger partial charge >= 0.3 is 0 Å². The molecule has 0 aliphatic carbocycles. The molecule has 2 amide bonds. The van der Waals surface area contributed by atoms with Crippen LogP contribution in [0.15, 0.2) is 17.5 Å². The van der Waals surface area contributed by atoms with Crippen molar-refractivity contribution in [1.82, 2.24) is 16.0 Å². The van der Waals surface area contributed by atoms with Gasteiger partial charge in [-0.2, -0.15) is 0 Å². The van der Waals surface area contributed by atoms with Gasteiger partial charge < -0.3 is 16.0 Å². The third-order valence-electron chi connectivity index (χ3n) is 4.23. The van der Waals surface area contributed by atoms with Crippen LogP contribution >= 0.6 is 23.7 Å². The minimum absolute atomic E-state index is 0. The summed E-state index contributed by atoms with van der Waals surface area (Å²) in [6.07, 6.45) is 3.43. The quantitative estimate of drug-likeness (QED) is 0.687. The predicted octanol–water partition coefficient (Wildman–Crippen LogP) is 2.43. The maximum atomic E-state index is 12.4. The number of carbonyl (C=O) groups excluding carboxylic acids is 2. The third-order valence-corrected chi connectivity index (χ3v) is 5.10. The van der Waals surface area contributed by atoms with E-state index in [-0.39, 0.29) is 30.1 Å². The van der Waals surface area contributed by atoms with Crippen LogP contribution in [0.4, 0.5) is 0 Å². The molecule has 2 unspecified atom stereocenters. The lowest BCUT2D eigenvalue weighted by molar-refractivity contribution is -0.124. The molecule has 0 aromatic carbocycles. The molecule has 1 aliphatic heterocycles. The van der Waals surface area contributed by atoms with Crippen molar-refractivity contribution in [1.29, 1.82) is 0 Å². The Balaban J connectivity index is 0.00000288. The minimum atomic E-state index is -0.492. The summed E-state index contributed by atoms with van der Waals surface area (Å²) in [6, 6.07) is 3.11. The summed E-state index contributed by atoms with van der Waals surface area (Å²) in [7, 11) is 0. The molecule has 1 aliphatic rings. The summed E-state index contributed by atoms with van der Waals surface area (Å²) in [5.74, 6) is 0.427. The molecule has 7 heteroatoms. The van der Waals surface area contributed by atoms with Crippen LogP contribution in [-0.2, 0) is 4.79 Å². The molecule has 0 saturated carbocycles. The highest BCUT2D eigenvalue weighted by Crippen LogP contribution is 2.13. The Labute approximate surface area is 154 Å². The molecule has 2 rings (SSSR count). The van der Waals surface area contributed by atoms with E-state index < -0.39 is 6.04 Å². The molecular weight excluding hydrogens is 346 g/mol. The average molecular weight is 374 g/mol. The first-order valence-electron chi connectivity index (χ1n) is 8.40. The largest absolute Gasteiger partial charge is 0.354 e. The van der Waals surface area contributed by atoms with E-state index in [1.54, 1.807) is 6.07 Å². The summed E-state index contributed by atoms with van der Waals surface area (Å²) in [6.45, 7) is 6.71. The van der Waals surface area contributed by atoms with E-state index in [0.717, 1.165) is 19.5 Å². The molecule has 1 saturated heterocycles. The Hall–Kier alpha value is -1.11. The zero-order valence-electron chi connectivity index (χ0n) is 14.3. The Morgan fingerprint density at radius 2 is 2.21 bits per heavy atom. The SMILES string of the molecule is CC(C)C(NC(=O)c1cccs1)C(=O)NCCC1CCCNC1.Cl. The van der Waals surface area contributed by atoms with Gasteiger partial charge in [-0.1, -0.05) is 19.9 Å². The van der Waals surface area contributed by atoms with Crippen molar-refractivity contribution < 1.29 is 9.59 Å². The number of amides is 2. The second-order valence-electron chi connectivity index (χ2n) is 6.46. The first-order valence-corrected chi connectivity index (χ1v) is 9.28. The fourth-order valence-electron chi connectivity index (χ4n) is 2.83. The molecule has 0 bridgehead atoms. The zero-order chi connectivity index (χ0) is 16.7. The van der Waals surface area contributed by atoms with Crippen molar-refractivity contribution in [2.75, 3.05) is 19.6 Å². The van der Waals surface area contributed by atoms with Crippen LogP contribution in [0.3, 0.4) is 0 Å². The molecule has 1 fully saturated rings. The summed E-state index contributed by atoms with van der Waals surface area (Å²) in [5.41, 5.74) is 0. The van der Waals surface area contributed by atoms with Gasteiger partial charge in [0.25, 0.3) is 5.91 Å². The van der Waals surface area contributed by atoms with Crippen LogP contribution in [-0.4, -0.2) is 37.5 Å². The fourth-order valence-corrected chi connectivity index (χ4v) is 3.46. The van der Waals surface area contributed by atoms with Crippen LogP contribution < -0.4 is 16.0 Å². The van der Waals surface area contributed by atoms with Gasteiger partial charge in [0.1, 0.15) is 6.04 Å². The molecule has 0 radical (unpaired) electrons. The van der Waals surface area contributed by atoms with Crippen molar-refractivity contribution >= 4 is 35.6 Å². The van der Waals surface area contributed by atoms with E-state index in [1.165, 1.54) is 24.2 Å². The lowest BCUT2D eigenvalue weighted by Gasteiger charge is -2.24. The zero-order valence-corrected chi connectivity index (χ0v) is 16.0. The van der Waals surface area contributed by atoms with Crippen molar-refractivity contribution in [2.24, 2.45) is 11.8 Å². The smallest absolute Gasteiger partial charge is 0.262 e. The van der Waals surface area contributed by atoms with Gasteiger partial charge in [0.05, 0.1) is 4.88 Å². The molecule has 136 valence electrons. The Bertz CT molecular complexity index is 502. The number of nitrogens with one attached hydrogen (secondary N) is 3. The number of hydrogen-bond acceptors (Lipinski definition) is 4. The van der Waals surface area contributed by atoms with Crippen LogP contribution in [0.25, 0.3) is 0 Å². The third kappa shape index (κ3) is 6.42. The van der Waals surface area contributed by atoms with Crippen LogP contribution in [0, 0.1) is 11.8 Å². The van der Waals surface area contributed by atoms with Crippen molar-refractivity contribution in [3.8, 4) is 0 Å². The summed E-state index contributed by atoms with van der Waals surface area (Å²) in [5, 5.41) is 11.1. The van der Waals surface area contributed by atoms with Gasteiger partial charge in [0.2, 0.25) is 5.91 Å². The van der Waals surface area contributed by atoms with Crippen molar-refractivity contribution in [3.63, 3.8) is 0 Å². The fraction of sp³-hybridized carbons (Fsp3) is 0.647. The highest BCUT2D eigenvalue weighted by molar-refractivity contribution is 7.12. The Morgan fingerprint density at radius 3 is 2.79 bits per heavy atom. The summed E-state index contributed by atoms with van der Waals surface area (Å²) < 4.78 is 0. The number of thiophene rings is 1. The normalized spacial score (nSPS) is 18.5. The number of piperidine rings is 1. The van der Waals surface area contributed by atoms with Gasteiger partial charge in [-0.25, -0.2) is 0 Å². The highest BCUT2D eigenvalue weighted by atomic mass is 35.5. The van der Waals surface area contributed by atoms with Crippen LogP contribution in [0.5, 0.6) is 0 Å². The number of carbonyl (C=O) groups is 2. The average Bonchev–Trinajstić information content (AvgIpc) is 3.07. The van der Waals surface area contributed by atoms with Gasteiger partial charge in [0, 0.05) is 6.54 Å². The van der Waals surface area contributed by atoms with E-state index in [1.807, 2.05) is 25.3 Å². The van der Waals surface area contributed by atoms with E-state index in [9.17, 15) is 9.59 Å². The lowest BCUT2D eigenvalue weighted by atomic mass is 9.96. The van der Waals surface area contributed by atoms with Crippen molar-refractivity contribution in [3.05, 3.63) is 22.4 Å². The van der Waals surface area contributed by atoms with Gasteiger partial charge in [0.15, 0.2) is 0 Å². The Kier molecular flexibility index (Phi) is 9.33. The lowest BCUT2D eigenvalue weighted by Crippen LogP contribution is -2.50. The molecule has 24 heavy (non-hydrogen) atoms. The van der Waals surface area contributed by atoms with Crippen LogP contribution in [0.1, 0.15) is 42.8 Å². The second kappa shape index (κ2) is 10.7. The Morgan fingerprint density at radius 1 is 1.42 bits per heavy atom. The van der Waals surface area contributed by atoms with E-state index in [2.05, 4.69) is 16.0 Å². The van der Waals surface area contributed by atoms with Gasteiger partial charge in [-0.3, -0.25) is 9.59 Å². The van der Waals surface area contributed by atoms with E-state index in [0.29, 0.717) is 17.3 Å². The maximum Gasteiger partial charge on any atom is 0.262 e. The molecule has 2 heterocycles. The maximum absolute atomic E-state index is 12.4. The minimum Gasteiger partial charge on any atom is -0.354 e. The predicted molar refractivity (Wildman–Crippen MR) is 101 cm³/mol. The molecule has 2 atom stereocenters. The first kappa shape index (κ1) is 20.9. The van der Waals surface area contributed by atoms with Crippen molar-refractivity contribution in [2.45, 2.75) is 39.2 Å². The van der Waals surface area contributed by atoms with Gasteiger partial charge in [-0.15, -0.1) is 23.7 Å². The van der Waals surface area contributed by atoms with E-state index >= 15 is 0 Å². The molecule has 1 aromatic rings. The summed E-state index contributed by atoms with van der Waals surface area (Å²) in [4.78, 5) is 25.2. The molecule has 5 nitrogen and oxygen atoms in total. The number of rotatable bonds is 7. The monoisotopic (exact) mass is 373 g/mol.